The van der Waals surface area contributed by atoms with Crippen molar-refractivity contribution in [1.29, 1.82) is 0 Å². The number of rotatable bonds is 8. The van der Waals surface area contributed by atoms with E-state index in [2.05, 4.69) is 258 Å². The van der Waals surface area contributed by atoms with Crippen LogP contribution in [0.25, 0.3) is 61.1 Å². The van der Waals surface area contributed by atoms with Gasteiger partial charge >= 0.3 is 260 Å². The maximum atomic E-state index is 6.82. The third-order valence-corrected chi connectivity index (χ3v) is 16.7. The predicted octanol–water partition coefficient (Wildman–Crippen LogP) is 15.9. The van der Waals surface area contributed by atoms with Gasteiger partial charge in [0.15, 0.2) is 0 Å². The van der Waals surface area contributed by atoms with E-state index < -0.39 is 0 Å². The van der Waals surface area contributed by atoms with E-state index in [1.165, 1.54) is 61.3 Å². The molecule has 364 valence electrons. The number of aromatic nitrogens is 5. The van der Waals surface area contributed by atoms with E-state index in [-0.39, 0.29) is 10.8 Å². The zero-order valence-corrected chi connectivity index (χ0v) is 44.9. The maximum absolute atomic E-state index is 6.82. The molecule has 0 fully saturated rings. The average Bonchev–Trinajstić information content (AvgIpc) is 3.92. The number of benzene rings is 6. The first kappa shape index (κ1) is 46.7. The van der Waals surface area contributed by atoms with Gasteiger partial charge in [-0.25, -0.2) is 0 Å². The van der Waals surface area contributed by atoms with E-state index in [0.717, 1.165) is 79.5 Å². The van der Waals surface area contributed by atoms with Gasteiger partial charge in [-0.3, -0.25) is 0 Å². The second-order valence-electron chi connectivity index (χ2n) is 21.4. The Morgan fingerprint density at radius 3 is 1.97 bits per heavy atom. The van der Waals surface area contributed by atoms with Crippen molar-refractivity contribution >= 4 is 27.3 Å². The summed E-state index contributed by atoms with van der Waals surface area (Å²) in [4.78, 5) is 10.2. The Labute approximate surface area is 439 Å². The summed E-state index contributed by atoms with van der Waals surface area (Å²) in [6, 6.07) is 59.5. The van der Waals surface area contributed by atoms with Crippen LogP contribution in [-0.4, -0.2) is 23.5 Å². The topological polar surface area (TPSA) is 49.3 Å². The molecule has 0 atom stereocenters. The van der Waals surface area contributed by atoms with Crippen LogP contribution in [0.15, 0.2) is 182 Å². The van der Waals surface area contributed by atoms with Gasteiger partial charge in [0.25, 0.3) is 0 Å². The fraction of sp³-hybridized carbons (Fsp3) is 0.197. The van der Waals surface area contributed by atoms with E-state index in [0.29, 0.717) is 11.6 Å². The third kappa shape index (κ3) is 8.40. The Morgan fingerprint density at radius 2 is 1.23 bits per heavy atom. The van der Waals surface area contributed by atoms with Crippen LogP contribution in [0.3, 0.4) is 0 Å². The molecule has 4 aliphatic rings. The summed E-state index contributed by atoms with van der Waals surface area (Å²) in [5, 5.41) is 2.26. The number of hydrogen-bond acceptors (Lipinski definition) is 3. The molecule has 73 heavy (non-hydrogen) atoms. The molecule has 0 N–H and O–H groups in total. The van der Waals surface area contributed by atoms with Crippen LogP contribution < -0.4 is 4.74 Å². The van der Waals surface area contributed by atoms with Gasteiger partial charge in [-0.1, -0.05) is 126 Å². The summed E-state index contributed by atoms with van der Waals surface area (Å²) in [6.07, 6.45) is 10.2. The number of pyridine rings is 3. The Morgan fingerprint density at radius 1 is 0.548 bits per heavy atom. The first-order valence-corrected chi connectivity index (χ1v) is 26.7. The Kier molecular flexibility index (Phi) is 11.7. The fourth-order valence-corrected chi connectivity index (χ4v) is 12.2. The minimum absolute atomic E-state index is 0.0484. The molecule has 0 spiro atoms. The van der Waals surface area contributed by atoms with Gasteiger partial charge in [-0.05, 0) is 38.8 Å². The second kappa shape index (κ2) is 18.3. The van der Waals surface area contributed by atoms with Crippen LogP contribution in [0.1, 0.15) is 84.8 Å². The van der Waals surface area contributed by atoms with Gasteiger partial charge in [0, 0.05) is 17.2 Å². The molecular weight excluding hydrogens is 1070 g/mol. The van der Waals surface area contributed by atoms with Crippen molar-refractivity contribution in [2.45, 2.75) is 85.0 Å². The quantitative estimate of drug-likeness (QED) is 0.152. The molecule has 2 aliphatic carbocycles. The van der Waals surface area contributed by atoms with Crippen molar-refractivity contribution < 1.29 is 24.1 Å². The average molecular weight is 1130 g/mol. The fourth-order valence-electron chi connectivity index (χ4n) is 11.2. The number of nitrogens with zero attached hydrogens (tertiary/aromatic N) is 5. The van der Waals surface area contributed by atoms with Gasteiger partial charge in [0.2, 0.25) is 0 Å². The molecule has 0 amide bonds. The van der Waals surface area contributed by atoms with E-state index >= 15 is 0 Å². The second-order valence-corrected chi connectivity index (χ2v) is 22.4. The number of hydrogen-bond donors (Lipinski definition) is 0. The molecule has 0 saturated heterocycles. The molecular formula is C66H59N5OPt. The van der Waals surface area contributed by atoms with Crippen molar-refractivity contribution in [3.8, 4) is 45.4 Å². The Bertz CT molecular complexity index is 3980. The molecule has 7 heterocycles. The van der Waals surface area contributed by atoms with Crippen LogP contribution >= 0.6 is 0 Å². The number of ether oxygens (including phenoxy) is 1. The molecule has 0 saturated carbocycles. The van der Waals surface area contributed by atoms with Crippen LogP contribution in [0.4, 0.5) is 0 Å². The van der Waals surface area contributed by atoms with Gasteiger partial charge in [-0.2, -0.15) is 0 Å². The molecule has 7 heteroatoms. The van der Waals surface area contributed by atoms with Crippen molar-refractivity contribution in [3.63, 3.8) is 0 Å². The van der Waals surface area contributed by atoms with E-state index in [1.807, 2.05) is 6.20 Å². The predicted molar refractivity (Wildman–Crippen MR) is 295 cm³/mol. The summed E-state index contributed by atoms with van der Waals surface area (Å²) in [5.41, 5.74) is 20.7. The van der Waals surface area contributed by atoms with Crippen molar-refractivity contribution in [1.82, 2.24) is 23.5 Å². The molecule has 4 bridgehead atoms. The zero-order chi connectivity index (χ0) is 50.2. The molecule has 2 aliphatic heterocycles. The Balaban J connectivity index is 0.970. The van der Waals surface area contributed by atoms with Crippen molar-refractivity contribution in [2.24, 2.45) is 0 Å². The summed E-state index contributed by atoms with van der Waals surface area (Å²) >= 11 is 2.50. The number of aryl methyl sites for hydroxylation is 4. The molecule has 11 aromatic rings. The normalized spacial score (nSPS) is 13.0. The van der Waals surface area contributed by atoms with Crippen LogP contribution in [-0.2, 0) is 55.9 Å². The van der Waals surface area contributed by atoms with Crippen molar-refractivity contribution in [2.75, 3.05) is 0 Å². The van der Waals surface area contributed by atoms with E-state index in [4.69, 9.17) is 14.7 Å². The molecule has 0 unspecified atom stereocenters. The first-order valence-electron chi connectivity index (χ1n) is 25.5. The van der Waals surface area contributed by atoms with E-state index in [9.17, 15) is 0 Å². The summed E-state index contributed by atoms with van der Waals surface area (Å²) < 4.78 is 15.0. The third-order valence-electron chi connectivity index (χ3n) is 15.7. The first-order chi connectivity index (χ1) is 35.3. The molecule has 6 nitrogen and oxygen atoms in total. The minimum atomic E-state index is -0.356. The monoisotopic (exact) mass is 1130 g/mol. The Hall–Kier alpha value is -7.40. The van der Waals surface area contributed by atoms with Crippen LogP contribution in [0.5, 0.6) is 11.6 Å². The van der Waals surface area contributed by atoms with Crippen molar-refractivity contribution in [3.05, 3.63) is 236 Å². The number of fused-ring (bicyclic) bond motifs is 3. The number of imidazole rings is 1. The summed E-state index contributed by atoms with van der Waals surface area (Å²) in [7, 11) is 0. The summed E-state index contributed by atoms with van der Waals surface area (Å²) in [6.45, 7) is 16.0. The molecule has 6 aromatic carbocycles. The standard InChI is InChI=1S/C66H59N5O.Pt/c1-43-44(2)46-19-18-45(43)20-21-49-25-30-53(29-24-46)70-42-69(41-62(49)70)54-34-35-67-64(37-54)72-55-31-32-56-57-36-50(47-14-10-8-11-15-47)26-33-60(57)71(61(56)38-55)63-39-59(66(6,7)52-16-12-9-13-17-52)58(40-68-63)48-22-27-51(28-23-48)65(3,4)5;/h8-19,22-23,25-28,30-41H,20-21,24,29H2,1-7H3;. The molecule has 0 radical (unpaired) electrons. The zero-order valence-electron chi connectivity index (χ0n) is 42.6. The van der Waals surface area contributed by atoms with Gasteiger partial charge < -0.3 is 0 Å². The molecule has 5 aromatic heterocycles. The van der Waals surface area contributed by atoms with Gasteiger partial charge in [0.05, 0.1) is 0 Å². The van der Waals surface area contributed by atoms with E-state index in [1.54, 1.807) is 0 Å². The van der Waals surface area contributed by atoms with Crippen LogP contribution in [0.2, 0.25) is 0 Å². The van der Waals surface area contributed by atoms with Gasteiger partial charge in [0.1, 0.15) is 0 Å². The van der Waals surface area contributed by atoms with Gasteiger partial charge in [-0.15, -0.1) is 0 Å². The van der Waals surface area contributed by atoms with Crippen LogP contribution in [0, 0.1) is 17.7 Å². The SMILES string of the molecule is Cc1c2ccc(c1C)CCc1ccc(c3cn(-c4ccnc(Oc5ccc6c7cc(-c8ccccc8)ccc7n(-c7cc(C(C)(C)c8ccccc8)c(-c8ccc(C(C)(C)C)cc8)cn7)c6c5)c4)[c](=[Pt])n13)CC2. The molecule has 15 rings (SSSR count). The summed E-state index contributed by atoms with van der Waals surface area (Å²) in [5.74, 6) is 2.06.